The van der Waals surface area contributed by atoms with E-state index >= 15 is 0 Å². The van der Waals surface area contributed by atoms with Crippen LogP contribution in [0, 0.1) is 17.8 Å². The van der Waals surface area contributed by atoms with Gasteiger partial charge in [0.2, 0.25) is 0 Å². The molecule has 0 aromatic carbocycles. The molecule has 0 atom stereocenters. The van der Waals surface area contributed by atoms with Gasteiger partial charge in [0.25, 0.3) is 0 Å². The molecule has 0 aliphatic carbocycles. The molecule has 0 unspecified atom stereocenters. The molecule has 0 heterocycles. The monoisotopic (exact) mass is 786 g/mol. The number of esters is 3. The molecule has 0 rings (SSSR count). The predicted octanol–water partition coefficient (Wildman–Crippen LogP) is 10.2. The van der Waals surface area contributed by atoms with E-state index in [1.165, 1.54) is 19.3 Å². The topological polar surface area (TPSA) is 78.9 Å². The van der Waals surface area contributed by atoms with E-state index in [9.17, 15) is 14.4 Å². The van der Waals surface area contributed by atoms with Crippen molar-refractivity contribution in [1.82, 2.24) is 0 Å². The Hall–Kier alpha value is 0.259. The third-order valence-electron chi connectivity index (χ3n) is 6.96. The van der Waals surface area contributed by atoms with Crippen molar-refractivity contribution in [2.45, 2.75) is 143 Å². The van der Waals surface area contributed by atoms with Gasteiger partial charge in [-0.2, -0.15) is 0 Å². The Morgan fingerprint density at radius 2 is 0.955 bits per heavy atom. The Labute approximate surface area is 289 Å². The molecule has 0 aromatic heterocycles. The van der Waals surface area contributed by atoms with Crippen molar-refractivity contribution in [3.05, 3.63) is 0 Å². The van der Waals surface area contributed by atoms with Gasteiger partial charge in [-0.25, -0.2) is 0 Å². The van der Waals surface area contributed by atoms with Crippen LogP contribution in [0.15, 0.2) is 0 Å². The van der Waals surface area contributed by atoms with Gasteiger partial charge in [-0.1, -0.05) is 0 Å². The number of hydrogen-bond donors (Lipinski definition) is 0. The normalized spacial score (nSPS) is 12.2. The van der Waals surface area contributed by atoms with Crippen molar-refractivity contribution in [2.24, 2.45) is 17.8 Å². The van der Waals surface area contributed by atoms with Crippen molar-refractivity contribution in [3.63, 3.8) is 0 Å². The molecule has 10 heteroatoms. The Morgan fingerprint density at radius 3 is 1.32 bits per heavy atom. The summed E-state index contributed by atoms with van der Waals surface area (Å²) in [6.45, 7) is 16.9. The molecule has 0 spiro atoms. The minimum absolute atomic E-state index is 0.182. The first-order valence-electron chi connectivity index (χ1n) is 17.3. The number of hydrogen-bond acceptors (Lipinski definition) is 8. The fraction of sp³-hybridized carbons (Fsp3) is 0.912. The van der Waals surface area contributed by atoms with Crippen LogP contribution < -0.4 is 0 Å². The fourth-order valence-electron chi connectivity index (χ4n) is 4.28. The number of ether oxygens (including phenoxy) is 3. The van der Waals surface area contributed by atoms with Gasteiger partial charge in [0.05, 0.1) is 0 Å². The molecule has 44 heavy (non-hydrogen) atoms. The van der Waals surface area contributed by atoms with Gasteiger partial charge in [0.1, 0.15) is 0 Å². The van der Waals surface area contributed by atoms with Gasteiger partial charge < -0.3 is 0 Å². The number of unbranched alkanes of at least 4 members (excludes halogenated alkanes) is 7. The van der Waals surface area contributed by atoms with Crippen LogP contribution >= 0.6 is 26.9 Å². The Morgan fingerprint density at radius 1 is 0.568 bits per heavy atom. The second-order valence-electron chi connectivity index (χ2n) is 12.9. The summed E-state index contributed by atoms with van der Waals surface area (Å²) >= 11 is -1.10. The average Bonchev–Trinajstić information content (AvgIpc) is 2.96. The molecular formula is C34H66O6S3Sn. The third kappa shape index (κ3) is 28.5. The minimum atomic E-state index is -1.59. The van der Waals surface area contributed by atoms with Crippen LogP contribution in [0.5, 0.6) is 0 Å². The van der Waals surface area contributed by atoms with Crippen molar-refractivity contribution < 1.29 is 28.6 Å². The van der Waals surface area contributed by atoms with Gasteiger partial charge >= 0.3 is 291 Å². The predicted molar refractivity (Wildman–Crippen MR) is 196 cm³/mol. The molecule has 2 radical (unpaired) electrons. The number of carbonyl (C=O) groups is 3. The van der Waals surface area contributed by atoms with Crippen LogP contribution in [0.25, 0.3) is 0 Å². The van der Waals surface area contributed by atoms with Gasteiger partial charge in [0, 0.05) is 0 Å². The fourth-order valence-corrected chi connectivity index (χ4v) is 28.8. The van der Waals surface area contributed by atoms with E-state index in [-0.39, 0.29) is 29.4 Å². The van der Waals surface area contributed by atoms with Gasteiger partial charge in [-0.05, 0) is 0 Å². The number of carbonyl (C=O) groups excluding carboxylic acids is 3. The summed E-state index contributed by atoms with van der Waals surface area (Å²) in [4.78, 5) is 38.6. The van der Waals surface area contributed by atoms with Crippen molar-refractivity contribution in [1.29, 1.82) is 0 Å². The van der Waals surface area contributed by atoms with E-state index < -0.39 is 25.0 Å². The maximum absolute atomic E-state index is 13.1. The van der Waals surface area contributed by atoms with Crippen molar-refractivity contribution in [2.75, 3.05) is 37.1 Å². The average molecular weight is 786 g/mol. The van der Waals surface area contributed by atoms with Crippen molar-refractivity contribution in [3.8, 4) is 0 Å². The molecule has 6 nitrogen and oxygen atoms in total. The molecule has 0 aliphatic heterocycles. The molecule has 260 valence electrons. The summed E-state index contributed by atoms with van der Waals surface area (Å²) in [7, 11) is 3.19. The van der Waals surface area contributed by atoms with E-state index in [4.69, 9.17) is 14.2 Å². The molecule has 0 N–H and O–H groups in total. The summed E-state index contributed by atoms with van der Waals surface area (Å²) < 4.78 is 18.0. The van der Waals surface area contributed by atoms with Gasteiger partial charge in [-0.15, -0.1) is 0 Å². The second kappa shape index (κ2) is 29.4. The van der Waals surface area contributed by atoms with Gasteiger partial charge in [-0.3, -0.25) is 0 Å². The second-order valence-corrected chi connectivity index (χ2v) is 36.2. The summed E-state index contributed by atoms with van der Waals surface area (Å²) in [6.07, 6.45) is 15.1. The molecule has 0 aromatic rings. The Balaban J connectivity index is 5.15. The van der Waals surface area contributed by atoms with E-state index in [1.807, 2.05) is 0 Å². The maximum atomic E-state index is 13.1. The first-order chi connectivity index (χ1) is 21.0. The van der Waals surface area contributed by atoms with Crippen LogP contribution in [0.3, 0.4) is 0 Å². The van der Waals surface area contributed by atoms with Crippen LogP contribution in [0.1, 0.15) is 138 Å². The molecule has 0 saturated carbocycles. The summed E-state index contributed by atoms with van der Waals surface area (Å²) in [5.74, 6) is 2.25. The van der Waals surface area contributed by atoms with Crippen LogP contribution in [-0.4, -0.2) is 74.7 Å². The zero-order valence-corrected chi connectivity index (χ0v) is 34.6. The van der Waals surface area contributed by atoms with E-state index in [0.29, 0.717) is 43.3 Å². The number of rotatable bonds is 30. The van der Waals surface area contributed by atoms with E-state index in [2.05, 4.69) is 48.5 Å². The van der Waals surface area contributed by atoms with E-state index in [0.717, 1.165) is 75.1 Å². The molecular weight excluding hydrogens is 719 g/mol. The van der Waals surface area contributed by atoms with Crippen LogP contribution in [0.2, 0.25) is 4.44 Å². The van der Waals surface area contributed by atoms with E-state index in [1.54, 1.807) is 21.6 Å². The molecule has 0 fully saturated rings. The standard InChI is InChI=1S/C30H57O6S3.C4H9.Sn/c1-25(2)16-10-7-13-19-34-28(31)22-37-39(24-30(33)36-21-15-9-12-18-27(5)6)38-23-29(32)35-20-14-8-11-17-26(3)4;1-3-4-2;/h25-27H,7-24H2,1-6H3;1,3-4H2,2H3;/q+1;;-1. The molecule has 0 bridgehead atoms. The third-order valence-corrected chi connectivity index (χ3v) is 33.7. The van der Waals surface area contributed by atoms with Crippen LogP contribution in [-0.2, 0) is 28.6 Å². The zero-order chi connectivity index (χ0) is 33.1. The summed E-state index contributed by atoms with van der Waals surface area (Å²) in [6, 6.07) is 0. The quantitative estimate of drug-likeness (QED) is 0.0234. The molecule has 0 saturated heterocycles. The molecule has 0 amide bonds. The first kappa shape index (κ1) is 44.3. The van der Waals surface area contributed by atoms with Gasteiger partial charge in [0.15, 0.2) is 0 Å². The van der Waals surface area contributed by atoms with Crippen LogP contribution in [0.4, 0.5) is 0 Å². The first-order valence-corrected chi connectivity index (χ1v) is 27.6. The summed E-state index contributed by atoms with van der Waals surface area (Å²) in [5, 5.41) is -1.59. The summed E-state index contributed by atoms with van der Waals surface area (Å²) in [5.41, 5.74) is 0. The van der Waals surface area contributed by atoms with Crippen molar-refractivity contribution >= 4 is 64.5 Å². The SMILES string of the molecule is CCC[CH2][Sn][S](CC(=O)OCCCCCC(C)C)(SCC(=O)OCCCCCC(C)C)SCC(=O)OCCCCCC(C)C. The Kier molecular flexibility index (Phi) is 29.6. The molecule has 0 aliphatic rings. The zero-order valence-electron chi connectivity index (χ0n) is 29.3. The Bertz CT molecular complexity index is 700.